The molecular formula is C14H22N2O3S. The fourth-order valence-electron chi connectivity index (χ4n) is 2.60. The van der Waals surface area contributed by atoms with Gasteiger partial charge in [-0.25, -0.2) is 13.4 Å². The lowest BCUT2D eigenvalue weighted by Crippen LogP contribution is -2.34. The van der Waals surface area contributed by atoms with E-state index in [0.717, 1.165) is 24.9 Å². The Morgan fingerprint density at radius 1 is 1.40 bits per heavy atom. The smallest absolute Gasteiger partial charge is 0.213 e. The minimum Gasteiger partial charge on any atom is -0.478 e. The van der Waals surface area contributed by atoms with Crippen LogP contribution in [-0.4, -0.2) is 37.6 Å². The molecule has 0 spiro atoms. The third-order valence-electron chi connectivity index (χ3n) is 3.63. The van der Waals surface area contributed by atoms with Crippen LogP contribution in [-0.2, 0) is 9.84 Å². The number of nitrogens with zero attached hydrogens (tertiary/aromatic N) is 1. The summed E-state index contributed by atoms with van der Waals surface area (Å²) in [5, 5.41) is 3.15. The molecule has 1 fully saturated rings. The van der Waals surface area contributed by atoms with Crippen LogP contribution in [0.25, 0.3) is 0 Å². The van der Waals surface area contributed by atoms with E-state index >= 15 is 0 Å². The van der Waals surface area contributed by atoms with Crippen LogP contribution in [0.1, 0.15) is 32.6 Å². The quantitative estimate of drug-likeness (QED) is 0.903. The van der Waals surface area contributed by atoms with Crippen LogP contribution in [0.2, 0.25) is 0 Å². The molecule has 1 aromatic heterocycles. The van der Waals surface area contributed by atoms with Crippen LogP contribution in [0.4, 0.5) is 5.69 Å². The SMILES string of the molecule is CCOc1ccc(NC2CCCC(S(C)(=O)=O)C2)cn1. The first-order valence-electron chi connectivity index (χ1n) is 7.03. The molecule has 2 unspecified atom stereocenters. The summed E-state index contributed by atoms with van der Waals surface area (Å²) < 4.78 is 28.6. The molecule has 1 aromatic rings. The van der Waals surface area contributed by atoms with E-state index in [0.29, 0.717) is 18.9 Å². The maximum atomic E-state index is 11.6. The van der Waals surface area contributed by atoms with Crippen LogP contribution in [0.5, 0.6) is 5.88 Å². The molecule has 2 atom stereocenters. The number of hydrogen-bond acceptors (Lipinski definition) is 5. The van der Waals surface area contributed by atoms with Crippen molar-refractivity contribution < 1.29 is 13.2 Å². The highest BCUT2D eigenvalue weighted by molar-refractivity contribution is 7.91. The minimum absolute atomic E-state index is 0.197. The lowest BCUT2D eigenvalue weighted by atomic mass is 9.95. The number of anilines is 1. The second-order valence-electron chi connectivity index (χ2n) is 5.28. The first kappa shape index (κ1) is 15.1. The van der Waals surface area contributed by atoms with E-state index < -0.39 is 9.84 Å². The molecule has 2 rings (SSSR count). The summed E-state index contributed by atoms with van der Waals surface area (Å²) >= 11 is 0. The highest BCUT2D eigenvalue weighted by Gasteiger charge is 2.28. The van der Waals surface area contributed by atoms with E-state index in [9.17, 15) is 8.42 Å². The first-order chi connectivity index (χ1) is 9.49. The van der Waals surface area contributed by atoms with E-state index in [1.807, 2.05) is 19.1 Å². The summed E-state index contributed by atoms with van der Waals surface area (Å²) in [6.07, 6.45) is 6.46. The summed E-state index contributed by atoms with van der Waals surface area (Å²) in [5.74, 6) is 0.607. The van der Waals surface area contributed by atoms with Crippen LogP contribution < -0.4 is 10.1 Å². The van der Waals surface area contributed by atoms with Gasteiger partial charge in [-0.1, -0.05) is 6.42 Å². The summed E-state index contributed by atoms with van der Waals surface area (Å²) in [5.41, 5.74) is 0.910. The molecule has 1 saturated carbocycles. The van der Waals surface area contributed by atoms with Crippen molar-refractivity contribution in [1.82, 2.24) is 4.98 Å². The monoisotopic (exact) mass is 298 g/mol. The Morgan fingerprint density at radius 3 is 2.80 bits per heavy atom. The summed E-state index contributed by atoms with van der Waals surface area (Å²) in [6, 6.07) is 3.94. The van der Waals surface area contributed by atoms with Crippen molar-refractivity contribution in [2.45, 2.75) is 43.9 Å². The van der Waals surface area contributed by atoms with Crippen LogP contribution >= 0.6 is 0 Å². The molecule has 1 aliphatic carbocycles. The lowest BCUT2D eigenvalue weighted by Gasteiger charge is -2.29. The van der Waals surface area contributed by atoms with Crippen molar-refractivity contribution in [3.05, 3.63) is 18.3 Å². The number of pyridine rings is 1. The molecule has 0 bridgehead atoms. The lowest BCUT2D eigenvalue weighted by molar-refractivity contribution is 0.327. The van der Waals surface area contributed by atoms with Gasteiger partial charge in [-0.2, -0.15) is 0 Å². The van der Waals surface area contributed by atoms with Gasteiger partial charge < -0.3 is 10.1 Å². The fraction of sp³-hybridized carbons (Fsp3) is 0.643. The van der Waals surface area contributed by atoms with Crippen molar-refractivity contribution in [2.75, 3.05) is 18.2 Å². The molecule has 0 saturated heterocycles. The molecule has 6 heteroatoms. The van der Waals surface area contributed by atoms with E-state index in [-0.39, 0.29) is 11.3 Å². The predicted molar refractivity (Wildman–Crippen MR) is 79.9 cm³/mol. The zero-order chi connectivity index (χ0) is 14.6. The van der Waals surface area contributed by atoms with Crippen molar-refractivity contribution in [2.24, 2.45) is 0 Å². The largest absolute Gasteiger partial charge is 0.478 e. The second kappa shape index (κ2) is 6.43. The number of rotatable bonds is 5. The third-order valence-corrected chi connectivity index (χ3v) is 5.27. The van der Waals surface area contributed by atoms with Crippen LogP contribution in [0.3, 0.4) is 0 Å². The number of hydrogen-bond donors (Lipinski definition) is 1. The number of sulfone groups is 1. The average molecular weight is 298 g/mol. The average Bonchev–Trinajstić information content (AvgIpc) is 2.41. The topological polar surface area (TPSA) is 68.3 Å². The highest BCUT2D eigenvalue weighted by Crippen LogP contribution is 2.26. The summed E-state index contributed by atoms with van der Waals surface area (Å²) in [6.45, 7) is 2.51. The maximum Gasteiger partial charge on any atom is 0.213 e. The molecule has 112 valence electrons. The van der Waals surface area contributed by atoms with Gasteiger partial charge in [-0.05, 0) is 32.3 Å². The van der Waals surface area contributed by atoms with E-state index in [4.69, 9.17) is 4.74 Å². The molecule has 1 aliphatic rings. The van der Waals surface area contributed by atoms with Gasteiger partial charge >= 0.3 is 0 Å². The Labute approximate surface area is 120 Å². The van der Waals surface area contributed by atoms with Crippen molar-refractivity contribution in [3.63, 3.8) is 0 Å². The zero-order valence-electron chi connectivity index (χ0n) is 12.0. The summed E-state index contributed by atoms with van der Waals surface area (Å²) in [7, 11) is -2.94. The van der Waals surface area contributed by atoms with E-state index in [1.54, 1.807) is 6.20 Å². The molecule has 0 aromatic carbocycles. The van der Waals surface area contributed by atoms with E-state index in [2.05, 4.69) is 10.3 Å². The Balaban J connectivity index is 1.95. The number of nitrogens with one attached hydrogen (secondary N) is 1. The fourth-order valence-corrected chi connectivity index (χ4v) is 3.78. The van der Waals surface area contributed by atoms with Gasteiger partial charge in [-0.15, -0.1) is 0 Å². The molecular weight excluding hydrogens is 276 g/mol. The van der Waals surface area contributed by atoms with Crippen LogP contribution in [0.15, 0.2) is 18.3 Å². The Bertz CT molecular complexity index is 528. The predicted octanol–water partition coefficient (Wildman–Crippen LogP) is 2.25. The van der Waals surface area contributed by atoms with Gasteiger partial charge in [0.25, 0.3) is 0 Å². The van der Waals surface area contributed by atoms with Gasteiger partial charge in [0.15, 0.2) is 0 Å². The van der Waals surface area contributed by atoms with Gasteiger partial charge in [0.1, 0.15) is 9.84 Å². The number of ether oxygens (including phenoxy) is 1. The summed E-state index contributed by atoms with van der Waals surface area (Å²) in [4.78, 5) is 4.20. The molecule has 0 aliphatic heterocycles. The maximum absolute atomic E-state index is 11.6. The van der Waals surface area contributed by atoms with Crippen LogP contribution in [0, 0.1) is 0 Å². The van der Waals surface area contributed by atoms with Gasteiger partial charge in [-0.3, -0.25) is 0 Å². The Hall–Kier alpha value is -1.30. The zero-order valence-corrected chi connectivity index (χ0v) is 12.8. The van der Waals surface area contributed by atoms with Gasteiger partial charge in [0, 0.05) is 18.4 Å². The van der Waals surface area contributed by atoms with Crippen molar-refractivity contribution in [3.8, 4) is 5.88 Å². The Kier molecular flexibility index (Phi) is 4.86. The standard InChI is InChI=1S/C14H22N2O3S/c1-3-19-14-8-7-12(10-15-14)16-11-5-4-6-13(9-11)20(2,17)18/h7-8,10-11,13,16H,3-6,9H2,1-2H3. The molecule has 1 heterocycles. The first-order valence-corrected chi connectivity index (χ1v) is 8.98. The molecule has 0 amide bonds. The van der Waals surface area contributed by atoms with Gasteiger partial charge in [0.05, 0.1) is 23.7 Å². The van der Waals surface area contributed by atoms with Crippen molar-refractivity contribution >= 4 is 15.5 Å². The van der Waals surface area contributed by atoms with Crippen molar-refractivity contribution in [1.29, 1.82) is 0 Å². The number of aromatic nitrogens is 1. The molecule has 5 nitrogen and oxygen atoms in total. The highest BCUT2D eigenvalue weighted by atomic mass is 32.2. The minimum atomic E-state index is -2.94. The third kappa shape index (κ3) is 4.10. The Morgan fingerprint density at radius 2 is 2.20 bits per heavy atom. The normalized spacial score (nSPS) is 23.3. The van der Waals surface area contributed by atoms with E-state index in [1.165, 1.54) is 6.26 Å². The molecule has 20 heavy (non-hydrogen) atoms. The van der Waals surface area contributed by atoms with Gasteiger partial charge in [0.2, 0.25) is 5.88 Å². The molecule has 0 radical (unpaired) electrons. The molecule has 1 N–H and O–H groups in total. The second-order valence-corrected chi connectivity index (χ2v) is 7.60.